The third-order valence-electron chi connectivity index (χ3n) is 3.77. The van der Waals surface area contributed by atoms with E-state index in [1.807, 2.05) is 24.3 Å². The van der Waals surface area contributed by atoms with Crippen molar-refractivity contribution in [2.75, 3.05) is 11.9 Å². The number of carbonyl (C=O) groups is 1. The van der Waals surface area contributed by atoms with Gasteiger partial charge in [0.05, 0.1) is 12.7 Å². The number of aromatic nitrogens is 1. The summed E-state index contributed by atoms with van der Waals surface area (Å²) in [6.07, 6.45) is 7.92. The number of nitrogens with one attached hydrogen (secondary N) is 2. The van der Waals surface area contributed by atoms with Crippen LogP contribution in [0.4, 0.5) is 5.69 Å². The highest BCUT2D eigenvalue weighted by atomic mass is 16.3. The van der Waals surface area contributed by atoms with Crippen molar-refractivity contribution in [2.45, 2.75) is 31.7 Å². The van der Waals surface area contributed by atoms with Crippen molar-refractivity contribution in [1.82, 2.24) is 10.3 Å². The summed E-state index contributed by atoms with van der Waals surface area (Å²) in [6.45, 7) is 0.358. The van der Waals surface area contributed by atoms with Gasteiger partial charge in [0.15, 0.2) is 12.2 Å². The van der Waals surface area contributed by atoms with Crippen LogP contribution in [0.1, 0.15) is 25.7 Å². The number of rotatable bonds is 5. The first-order valence-electron chi connectivity index (χ1n) is 7.33. The molecule has 1 aliphatic carbocycles. The van der Waals surface area contributed by atoms with Crippen molar-refractivity contribution in [3.05, 3.63) is 36.9 Å². The maximum absolute atomic E-state index is 12.0. The van der Waals surface area contributed by atoms with E-state index < -0.39 is 0 Å². The van der Waals surface area contributed by atoms with E-state index in [-0.39, 0.29) is 5.91 Å². The largest absolute Gasteiger partial charge is 0.444 e. The Bertz CT molecular complexity index is 589. The predicted octanol–water partition coefficient (Wildman–Crippen LogP) is 2.81. The summed E-state index contributed by atoms with van der Waals surface area (Å²) in [7, 11) is 0. The molecule has 21 heavy (non-hydrogen) atoms. The Labute approximate surface area is 123 Å². The Balaban J connectivity index is 1.56. The molecular weight excluding hydrogens is 266 g/mol. The van der Waals surface area contributed by atoms with Crippen molar-refractivity contribution in [1.29, 1.82) is 0 Å². The van der Waals surface area contributed by atoms with Gasteiger partial charge in [-0.2, -0.15) is 0 Å². The standard InChI is InChI=1S/C16H19N3O2/c20-16(10-18-13-5-1-2-6-13)19-14-7-3-4-12(8-14)15-9-17-11-21-15/h3-4,7-9,11,13,18H,1-2,5-6,10H2,(H,19,20). The third kappa shape index (κ3) is 3.70. The van der Waals surface area contributed by atoms with Crippen LogP contribution in [0.2, 0.25) is 0 Å². The van der Waals surface area contributed by atoms with Crippen molar-refractivity contribution >= 4 is 11.6 Å². The minimum Gasteiger partial charge on any atom is -0.444 e. The maximum Gasteiger partial charge on any atom is 0.238 e. The Morgan fingerprint density at radius 3 is 2.95 bits per heavy atom. The minimum absolute atomic E-state index is 0.0170. The second-order valence-corrected chi connectivity index (χ2v) is 5.36. The summed E-state index contributed by atoms with van der Waals surface area (Å²) in [5, 5.41) is 6.21. The van der Waals surface area contributed by atoms with Gasteiger partial charge in [-0.25, -0.2) is 4.98 Å². The quantitative estimate of drug-likeness (QED) is 0.886. The molecule has 1 aliphatic rings. The topological polar surface area (TPSA) is 67.2 Å². The Kier molecular flexibility index (Phi) is 4.31. The van der Waals surface area contributed by atoms with E-state index in [1.165, 1.54) is 32.1 Å². The lowest BCUT2D eigenvalue weighted by molar-refractivity contribution is -0.115. The van der Waals surface area contributed by atoms with Gasteiger partial charge in [0.1, 0.15) is 0 Å². The predicted molar refractivity (Wildman–Crippen MR) is 80.8 cm³/mol. The molecule has 110 valence electrons. The van der Waals surface area contributed by atoms with Crippen LogP contribution < -0.4 is 10.6 Å². The minimum atomic E-state index is -0.0170. The maximum atomic E-state index is 12.0. The van der Waals surface area contributed by atoms with E-state index in [4.69, 9.17) is 4.42 Å². The Morgan fingerprint density at radius 1 is 1.33 bits per heavy atom. The van der Waals surface area contributed by atoms with E-state index in [1.54, 1.807) is 6.20 Å². The number of carbonyl (C=O) groups excluding carboxylic acids is 1. The first kappa shape index (κ1) is 13.8. The van der Waals surface area contributed by atoms with E-state index in [0.717, 1.165) is 11.3 Å². The second kappa shape index (κ2) is 6.54. The molecule has 0 bridgehead atoms. The van der Waals surface area contributed by atoms with Crippen LogP contribution in [0.5, 0.6) is 0 Å². The molecule has 1 saturated carbocycles. The zero-order valence-electron chi connectivity index (χ0n) is 11.8. The van der Waals surface area contributed by atoms with Gasteiger partial charge in [0, 0.05) is 17.3 Å². The highest BCUT2D eigenvalue weighted by Gasteiger charge is 2.15. The number of amides is 1. The average Bonchev–Trinajstić information content (AvgIpc) is 3.19. The molecule has 0 unspecified atom stereocenters. The fraction of sp³-hybridized carbons (Fsp3) is 0.375. The van der Waals surface area contributed by atoms with E-state index in [0.29, 0.717) is 18.3 Å². The van der Waals surface area contributed by atoms with Crippen LogP contribution in [-0.2, 0) is 4.79 Å². The molecule has 3 rings (SSSR count). The van der Waals surface area contributed by atoms with E-state index in [9.17, 15) is 4.79 Å². The van der Waals surface area contributed by atoms with E-state index in [2.05, 4.69) is 15.6 Å². The van der Waals surface area contributed by atoms with Crippen LogP contribution in [0, 0.1) is 0 Å². The van der Waals surface area contributed by atoms with Gasteiger partial charge < -0.3 is 15.1 Å². The fourth-order valence-electron chi connectivity index (χ4n) is 2.68. The molecule has 0 radical (unpaired) electrons. The van der Waals surface area contributed by atoms with Gasteiger partial charge in [0.25, 0.3) is 0 Å². The Morgan fingerprint density at radius 2 is 2.19 bits per heavy atom. The molecule has 5 nitrogen and oxygen atoms in total. The van der Waals surface area contributed by atoms with Crippen LogP contribution >= 0.6 is 0 Å². The number of benzene rings is 1. The molecule has 1 aromatic carbocycles. The zero-order chi connectivity index (χ0) is 14.5. The van der Waals surface area contributed by atoms with Crippen LogP contribution in [0.3, 0.4) is 0 Å². The summed E-state index contributed by atoms with van der Waals surface area (Å²) in [6, 6.07) is 8.06. The van der Waals surface area contributed by atoms with Crippen molar-refractivity contribution in [2.24, 2.45) is 0 Å². The third-order valence-corrected chi connectivity index (χ3v) is 3.77. The normalized spacial score (nSPS) is 15.2. The molecule has 1 fully saturated rings. The summed E-state index contributed by atoms with van der Waals surface area (Å²) in [4.78, 5) is 15.9. The van der Waals surface area contributed by atoms with Crippen molar-refractivity contribution in [3.8, 4) is 11.3 Å². The van der Waals surface area contributed by atoms with Gasteiger partial charge in [-0.1, -0.05) is 25.0 Å². The molecule has 0 atom stereocenters. The van der Waals surface area contributed by atoms with Gasteiger partial charge in [-0.05, 0) is 25.0 Å². The van der Waals surface area contributed by atoms with Crippen LogP contribution in [-0.4, -0.2) is 23.5 Å². The molecule has 1 aromatic heterocycles. The van der Waals surface area contributed by atoms with Gasteiger partial charge >= 0.3 is 0 Å². The molecule has 1 amide bonds. The summed E-state index contributed by atoms with van der Waals surface area (Å²) in [5.41, 5.74) is 1.66. The molecule has 1 heterocycles. The van der Waals surface area contributed by atoms with Crippen molar-refractivity contribution < 1.29 is 9.21 Å². The number of hydrogen-bond donors (Lipinski definition) is 2. The number of oxazole rings is 1. The monoisotopic (exact) mass is 285 g/mol. The number of nitrogens with zero attached hydrogens (tertiary/aromatic N) is 1. The Hall–Kier alpha value is -2.14. The summed E-state index contributed by atoms with van der Waals surface area (Å²) >= 11 is 0. The highest BCUT2D eigenvalue weighted by molar-refractivity contribution is 5.92. The SMILES string of the molecule is O=C(CNC1CCCC1)Nc1cccc(-c2cnco2)c1. The fourth-order valence-corrected chi connectivity index (χ4v) is 2.68. The van der Waals surface area contributed by atoms with Crippen LogP contribution in [0.15, 0.2) is 41.3 Å². The zero-order valence-corrected chi connectivity index (χ0v) is 11.8. The number of hydrogen-bond acceptors (Lipinski definition) is 4. The van der Waals surface area contributed by atoms with Crippen LogP contribution in [0.25, 0.3) is 11.3 Å². The highest BCUT2D eigenvalue weighted by Crippen LogP contribution is 2.22. The molecular formula is C16H19N3O2. The summed E-state index contributed by atoms with van der Waals surface area (Å²) in [5.74, 6) is 0.673. The second-order valence-electron chi connectivity index (χ2n) is 5.36. The van der Waals surface area contributed by atoms with Crippen molar-refractivity contribution in [3.63, 3.8) is 0 Å². The number of anilines is 1. The molecule has 5 heteroatoms. The smallest absolute Gasteiger partial charge is 0.238 e. The molecule has 2 N–H and O–H groups in total. The van der Waals surface area contributed by atoms with Gasteiger partial charge in [-0.15, -0.1) is 0 Å². The summed E-state index contributed by atoms with van der Waals surface area (Å²) < 4.78 is 5.26. The van der Waals surface area contributed by atoms with Gasteiger partial charge in [0.2, 0.25) is 5.91 Å². The molecule has 2 aromatic rings. The molecule has 0 spiro atoms. The first-order chi connectivity index (χ1) is 10.3. The molecule has 0 aliphatic heterocycles. The first-order valence-corrected chi connectivity index (χ1v) is 7.33. The molecule has 0 saturated heterocycles. The van der Waals surface area contributed by atoms with Gasteiger partial charge in [-0.3, -0.25) is 4.79 Å². The average molecular weight is 285 g/mol. The van der Waals surface area contributed by atoms with E-state index >= 15 is 0 Å². The lowest BCUT2D eigenvalue weighted by Gasteiger charge is -2.12. The lowest BCUT2D eigenvalue weighted by atomic mass is 10.1. The lowest BCUT2D eigenvalue weighted by Crippen LogP contribution is -2.34.